The first-order chi connectivity index (χ1) is 12.1. The molecular weight excluding hydrogens is 377 g/mol. The van der Waals surface area contributed by atoms with Crippen molar-refractivity contribution in [1.82, 2.24) is 4.72 Å². The molecule has 0 spiro atoms. The Kier molecular flexibility index (Phi) is 6.02. The number of nitrogens with one attached hydrogen (secondary N) is 1. The zero-order valence-corrected chi connectivity index (χ0v) is 14.7. The van der Waals surface area contributed by atoms with Gasteiger partial charge in [0.2, 0.25) is 15.8 Å². The summed E-state index contributed by atoms with van der Waals surface area (Å²) in [6.07, 6.45) is 0.909. The Labute approximate surface area is 147 Å². The number of halogens is 5. The van der Waals surface area contributed by atoms with E-state index < -0.39 is 44.0 Å². The molecule has 2 rings (SSSR count). The Morgan fingerprint density at radius 1 is 0.885 bits per heavy atom. The molecule has 2 aromatic rings. The van der Waals surface area contributed by atoms with Crippen LogP contribution in [0, 0.1) is 29.1 Å². The maximum Gasteiger partial charge on any atom is 0.246 e. The van der Waals surface area contributed by atoms with Crippen LogP contribution in [0.2, 0.25) is 0 Å². The first kappa shape index (κ1) is 20.3. The zero-order valence-electron chi connectivity index (χ0n) is 13.9. The fourth-order valence-corrected chi connectivity index (χ4v) is 3.42. The van der Waals surface area contributed by atoms with Gasteiger partial charge in [-0.15, -0.1) is 0 Å². The van der Waals surface area contributed by atoms with Gasteiger partial charge in [0.25, 0.3) is 0 Å². The van der Waals surface area contributed by atoms with Gasteiger partial charge in [-0.1, -0.05) is 38.1 Å². The van der Waals surface area contributed by atoms with Crippen molar-refractivity contribution >= 4 is 10.0 Å². The zero-order chi connectivity index (χ0) is 19.6. The molecule has 9 heteroatoms. The van der Waals surface area contributed by atoms with E-state index in [9.17, 15) is 30.4 Å². The fraction of sp³-hybridized carbons (Fsp3) is 0.294. The van der Waals surface area contributed by atoms with E-state index >= 15 is 0 Å². The summed E-state index contributed by atoms with van der Waals surface area (Å²) in [7, 11) is -4.96. The minimum atomic E-state index is -4.96. The molecule has 2 aromatic carbocycles. The van der Waals surface area contributed by atoms with Gasteiger partial charge in [0.1, 0.15) is 0 Å². The minimum Gasteiger partial charge on any atom is -0.207 e. The average Bonchev–Trinajstić information content (AvgIpc) is 2.63. The third kappa shape index (κ3) is 3.88. The smallest absolute Gasteiger partial charge is 0.207 e. The molecule has 1 atom stereocenters. The topological polar surface area (TPSA) is 46.2 Å². The van der Waals surface area contributed by atoms with E-state index in [-0.39, 0.29) is 6.54 Å². The second-order valence-corrected chi connectivity index (χ2v) is 7.48. The van der Waals surface area contributed by atoms with Gasteiger partial charge in [0.05, 0.1) is 0 Å². The summed E-state index contributed by atoms with van der Waals surface area (Å²) in [6.45, 7) is 3.65. The van der Waals surface area contributed by atoms with Gasteiger partial charge >= 0.3 is 0 Å². The first-order valence-electron chi connectivity index (χ1n) is 7.70. The largest absolute Gasteiger partial charge is 0.246 e. The van der Waals surface area contributed by atoms with Crippen molar-refractivity contribution < 1.29 is 30.4 Å². The Hall–Kier alpha value is -2.00. The molecule has 0 heterocycles. The van der Waals surface area contributed by atoms with Crippen LogP contribution in [0.25, 0.3) is 0 Å². The maximum atomic E-state index is 13.7. The Morgan fingerprint density at radius 3 is 1.81 bits per heavy atom. The second-order valence-electron chi connectivity index (χ2n) is 5.77. The van der Waals surface area contributed by atoms with Crippen LogP contribution in [-0.2, 0) is 16.6 Å². The van der Waals surface area contributed by atoms with Crippen molar-refractivity contribution in [3.05, 3.63) is 64.5 Å². The SMILES string of the molecule is CCC(C)c1ccc(CNS(=O)(=O)c2c(F)c(F)c(F)c(F)c2F)cc1. The minimum absolute atomic E-state index is 0.300. The normalized spacial score (nSPS) is 13.0. The highest BCUT2D eigenvalue weighted by Gasteiger charge is 2.33. The van der Waals surface area contributed by atoms with E-state index in [0.717, 1.165) is 12.0 Å². The Bertz CT molecular complexity index is 885. The highest BCUT2D eigenvalue weighted by Crippen LogP contribution is 2.26. The summed E-state index contributed by atoms with van der Waals surface area (Å²) in [6, 6.07) is 6.78. The van der Waals surface area contributed by atoms with Crippen molar-refractivity contribution in [3.8, 4) is 0 Å². The molecule has 0 saturated heterocycles. The standard InChI is InChI=1S/C17H16F5NO2S/c1-3-9(2)11-6-4-10(5-7-11)8-23-26(24,25)17-15(21)13(19)12(18)14(20)16(17)22/h4-7,9,23H,3,8H2,1-2H3. The van der Waals surface area contributed by atoms with Crippen molar-refractivity contribution in [2.75, 3.05) is 0 Å². The number of rotatable bonds is 6. The van der Waals surface area contributed by atoms with Gasteiger partial charge in [0, 0.05) is 6.54 Å². The van der Waals surface area contributed by atoms with Crippen LogP contribution < -0.4 is 4.72 Å². The molecular formula is C17H16F5NO2S. The van der Waals surface area contributed by atoms with Gasteiger partial charge in [-0.2, -0.15) is 0 Å². The maximum absolute atomic E-state index is 13.7. The molecule has 0 saturated carbocycles. The summed E-state index contributed by atoms with van der Waals surface area (Å²) in [5.74, 6) is -11.6. The summed E-state index contributed by atoms with van der Waals surface area (Å²) < 4.78 is 92.7. The third-order valence-corrected chi connectivity index (χ3v) is 5.49. The van der Waals surface area contributed by atoms with E-state index in [0.29, 0.717) is 11.5 Å². The highest BCUT2D eigenvalue weighted by molar-refractivity contribution is 7.89. The molecule has 142 valence electrons. The molecule has 0 bridgehead atoms. The number of sulfonamides is 1. The van der Waals surface area contributed by atoms with Crippen LogP contribution >= 0.6 is 0 Å². The van der Waals surface area contributed by atoms with E-state index in [1.165, 1.54) is 0 Å². The van der Waals surface area contributed by atoms with E-state index in [1.807, 2.05) is 18.6 Å². The lowest BCUT2D eigenvalue weighted by Crippen LogP contribution is -2.26. The lowest BCUT2D eigenvalue weighted by atomic mass is 9.98. The fourth-order valence-electron chi connectivity index (χ4n) is 2.27. The number of hydrogen-bond acceptors (Lipinski definition) is 2. The molecule has 0 amide bonds. The molecule has 26 heavy (non-hydrogen) atoms. The summed E-state index contributed by atoms with van der Waals surface area (Å²) in [4.78, 5) is -1.90. The molecule has 0 aromatic heterocycles. The molecule has 0 aliphatic carbocycles. The first-order valence-corrected chi connectivity index (χ1v) is 9.18. The van der Waals surface area contributed by atoms with Crippen LogP contribution in [0.4, 0.5) is 22.0 Å². The molecule has 0 fully saturated rings. The van der Waals surface area contributed by atoms with Crippen LogP contribution in [-0.4, -0.2) is 8.42 Å². The number of benzene rings is 2. The third-order valence-electron chi connectivity index (χ3n) is 4.07. The van der Waals surface area contributed by atoms with E-state index in [2.05, 4.69) is 0 Å². The van der Waals surface area contributed by atoms with Gasteiger partial charge in [-0.25, -0.2) is 35.1 Å². The summed E-state index contributed by atoms with van der Waals surface area (Å²) in [5.41, 5.74) is 1.49. The quantitative estimate of drug-likeness (QED) is 0.450. The summed E-state index contributed by atoms with van der Waals surface area (Å²) in [5, 5.41) is 0. The molecule has 1 N–H and O–H groups in total. The van der Waals surface area contributed by atoms with Crippen LogP contribution in [0.15, 0.2) is 29.2 Å². The van der Waals surface area contributed by atoms with Crippen LogP contribution in [0.1, 0.15) is 37.3 Å². The summed E-state index contributed by atoms with van der Waals surface area (Å²) >= 11 is 0. The van der Waals surface area contributed by atoms with Gasteiger partial charge in [-0.05, 0) is 23.5 Å². The van der Waals surface area contributed by atoms with Crippen molar-refractivity contribution in [3.63, 3.8) is 0 Å². The number of hydrogen-bond donors (Lipinski definition) is 1. The second kappa shape index (κ2) is 7.71. The van der Waals surface area contributed by atoms with Gasteiger partial charge < -0.3 is 0 Å². The van der Waals surface area contributed by atoms with Gasteiger partial charge in [-0.3, -0.25) is 0 Å². The van der Waals surface area contributed by atoms with Crippen molar-refractivity contribution in [2.45, 2.75) is 37.6 Å². The highest BCUT2D eigenvalue weighted by atomic mass is 32.2. The van der Waals surface area contributed by atoms with E-state index in [1.54, 1.807) is 24.3 Å². The lowest BCUT2D eigenvalue weighted by molar-refractivity contribution is 0.357. The molecule has 0 aliphatic heterocycles. The van der Waals surface area contributed by atoms with Gasteiger partial charge in [0.15, 0.2) is 28.2 Å². The Morgan fingerprint density at radius 2 is 1.35 bits per heavy atom. The molecule has 1 unspecified atom stereocenters. The Balaban J connectivity index is 2.28. The predicted molar refractivity (Wildman–Crippen MR) is 85.4 cm³/mol. The molecule has 3 nitrogen and oxygen atoms in total. The van der Waals surface area contributed by atoms with Crippen molar-refractivity contribution in [1.29, 1.82) is 0 Å². The predicted octanol–water partition coefficient (Wildman–Crippen LogP) is 4.37. The van der Waals surface area contributed by atoms with Crippen LogP contribution in [0.5, 0.6) is 0 Å². The lowest BCUT2D eigenvalue weighted by Gasteiger charge is -2.12. The van der Waals surface area contributed by atoms with Crippen LogP contribution in [0.3, 0.4) is 0 Å². The van der Waals surface area contributed by atoms with E-state index in [4.69, 9.17) is 0 Å². The monoisotopic (exact) mass is 393 g/mol. The molecule has 0 aliphatic rings. The average molecular weight is 393 g/mol. The molecule has 0 radical (unpaired) electrons. The van der Waals surface area contributed by atoms with Crippen molar-refractivity contribution in [2.24, 2.45) is 0 Å².